The lowest BCUT2D eigenvalue weighted by molar-refractivity contribution is -0.120. The second-order valence-electron chi connectivity index (χ2n) is 7.70. The van der Waals surface area contributed by atoms with Crippen LogP contribution in [-0.2, 0) is 17.8 Å². The van der Waals surface area contributed by atoms with E-state index in [1.807, 2.05) is 78.2 Å². The number of halogens is 1. The Morgan fingerprint density at radius 2 is 1.71 bits per heavy atom. The molecule has 0 bridgehead atoms. The molecule has 0 fully saturated rings. The summed E-state index contributed by atoms with van der Waals surface area (Å²) in [4.78, 5) is 12.8. The molecule has 4 aromatic rings. The van der Waals surface area contributed by atoms with Gasteiger partial charge in [-0.05, 0) is 54.4 Å². The predicted molar refractivity (Wildman–Crippen MR) is 136 cm³/mol. The first-order valence-electron chi connectivity index (χ1n) is 10.8. The summed E-state index contributed by atoms with van der Waals surface area (Å²) in [5.74, 6) is 1.50. The van der Waals surface area contributed by atoms with E-state index in [0.29, 0.717) is 23.1 Å². The van der Waals surface area contributed by atoms with Gasteiger partial charge in [0.25, 0.3) is 0 Å². The summed E-state index contributed by atoms with van der Waals surface area (Å²) in [6.45, 7) is 2.31. The molecule has 1 heterocycles. The third-order valence-electron chi connectivity index (χ3n) is 5.27. The monoisotopic (exact) mass is 492 g/mol. The van der Waals surface area contributed by atoms with E-state index in [1.165, 1.54) is 11.8 Å². The van der Waals surface area contributed by atoms with Gasteiger partial charge in [-0.25, -0.2) is 0 Å². The van der Waals surface area contributed by atoms with Gasteiger partial charge >= 0.3 is 0 Å². The lowest BCUT2D eigenvalue weighted by Crippen LogP contribution is -2.30. The summed E-state index contributed by atoms with van der Waals surface area (Å²) in [6.07, 6.45) is 0.620. The number of ether oxygens (including phenoxy) is 1. The molecule has 34 heavy (non-hydrogen) atoms. The van der Waals surface area contributed by atoms with Gasteiger partial charge in [0, 0.05) is 23.7 Å². The molecule has 0 saturated heterocycles. The van der Waals surface area contributed by atoms with Crippen molar-refractivity contribution >= 4 is 29.3 Å². The van der Waals surface area contributed by atoms with E-state index >= 15 is 0 Å². The molecule has 4 rings (SSSR count). The largest absolute Gasteiger partial charge is 0.497 e. The average molecular weight is 493 g/mol. The number of hydrogen-bond donors (Lipinski definition) is 1. The topological polar surface area (TPSA) is 69.0 Å². The first-order valence-corrected chi connectivity index (χ1v) is 12.1. The highest BCUT2D eigenvalue weighted by molar-refractivity contribution is 8.00. The van der Waals surface area contributed by atoms with E-state index in [9.17, 15) is 4.79 Å². The van der Waals surface area contributed by atoms with Crippen LogP contribution in [0, 0.1) is 0 Å². The maximum absolute atomic E-state index is 12.8. The number of aromatic nitrogens is 3. The highest BCUT2D eigenvalue weighted by Crippen LogP contribution is 2.27. The second kappa shape index (κ2) is 11.2. The molecule has 174 valence electrons. The molecule has 8 heteroatoms. The van der Waals surface area contributed by atoms with E-state index in [0.717, 1.165) is 28.4 Å². The molecule has 0 spiro atoms. The Hall–Kier alpha value is -3.29. The standard InChI is InChI=1S/C26H25ClN4O2S/c1-18(25(32)28-17-20-8-14-23(33-2)15-9-20)34-26-30-29-24(16-19-6-4-3-5-7-19)31(26)22-12-10-21(27)11-13-22/h3-15,18H,16-17H2,1-2H3,(H,28,32). The van der Waals surface area contributed by atoms with Gasteiger partial charge in [-0.1, -0.05) is 65.8 Å². The van der Waals surface area contributed by atoms with Crippen LogP contribution in [0.1, 0.15) is 23.9 Å². The van der Waals surface area contributed by atoms with Crippen LogP contribution in [-0.4, -0.2) is 33.0 Å². The summed E-state index contributed by atoms with van der Waals surface area (Å²) < 4.78 is 7.17. The minimum Gasteiger partial charge on any atom is -0.497 e. The van der Waals surface area contributed by atoms with Crippen molar-refractivity contribution in [2.24, 2.45) is 0 Å². The fourth-order valence-corrected chi connectivity index (χ4v) is 4.44. The Kier molecular flexibility index (Phi) is 7.87. The van der Waals surface area contributed by atoms with E-state index in [2.05, 4.69) is 27.6 Å². The summed E-state index contributed by atoms with van der Waals surface area (Å²) in [7, 11) is 1.63. The van der Waals surface area contributed by atoms with Gasteiger partial charge in [-0.3, -0.25) is 9.36 Å². The normalized spacial score (nSPS) is 11.7. The number of methoxy groups -OCH3 is 1. The number of rotatable bonds is 9. The second-order valence-corrected chi connectivity index (χ2v) is 9.44. The van der Waals surface area contributed by atoms with Crippen LogP contribution < -0.4 is 10.1 Å². The predicted octanol–water partition coefficient (Wildman–Crippen LogP) is 5.32. The number of benzene rings is 3. The van der Waals surface area contributed by atoms with Crippen LogP contribution in [0.5, 0.6) is 5.75 Å². The lowest BCUT2D eigenvalue weighted by atomic mass is 10.1. The maximum atomic E-state index is 12.8. The van der Waals surface area contributed by atoms with Crippen molar-refractivity contribution in [3.8, 4) is 11.4 Å². The van der Waals surface area contributed by atoms with E-state index in [4.69, 9.17) is 16.3 Å². The number of amides is 1. The summed E-state index contributed by atoms with van der Waals surface area (Å²) in [5, 5.41) is 12.8. The Morgan fingerprint density at radius 1 is 1.00 bits per heavy atom. The third-order valence-corrected chi connectivity index (χ3v) is 6.56. The van der Waals surface area contributed by atoms with Crippen LogP contribution in [0.25, 0.3) is 5.69 Å². The fraction of sp³-hybridized carbons (Fsp3) is 0.192. The summed E-state index contributed by atoms with van der Waals surface area (Å²) in [6, 6.07) is 25.3. The number of carbonyl (C=O) groups excluding carboxylic acids is 1. The van der Waals surface area contributed by atoms with Crippen molar-refractivity contribution in [1.82, 2.24) is 20.1 Å². The number of nitrogens with zero attached hydrogens (tertiary/aromatic N) is 3. The number of carbonyl (C=O) groups is 1. The number of thioether (sulfide) groups is 1. The lowest BCUT2D eigenvalue weighted by Gasteiger charge is -2.14. The number of hydrogen-bond acceptors (Lipinski definition) is 5. The van der Waals surface area contributed by atoms with Crippen molar-refractivity contribution in [2.75, 3.05) is 7.11 Å². The molecule has 1 amide bonds. The maximum Gasteiger partial charge on any atom is 0.233 e. The molecule has 1 unspecified atom stereocenters. The molecule has 0 saturated carbocycles. The molecule has 6 nitrogen and oxygen atoms in total. The Morgan fingerprint density at radius 3 is 2.38 bits per heavy atom. The van der Waals surface area contributed by atoms with Gasteiger partial charge in [0.1, 0.15) is 11.6 Å². The van der Waals surface area contributed by atoms with Gasteiger partial charge < -0.3 is 10.1 Å². The van der Waals surface area contributed by atoms with Gasteiger partial charge in [0.15, 0.2) is 5.16 Å². The summed E-state index contributed by atoms with van der Waals surface area (Å²) >= 11 is 7.48. The van der Waals surface area contributed by atoms with E-state index in [1.54, 1.807) is 7.11 Å². The minimum atomic E-state index is -0.363. The average Bonchev–Trinajstić information content (AvgIpc) is 3.25. The molecular formula is C26H25ClN4O2S. The zero-order chi connectivity index (χ0) is 23.9. The van der Waals surface area contributed by atoms with Gasteiger partial charge in [0.05, 0.1) is 12.4 Å². The van der Waals surface area contributed by atoms with Crippen molar-refractivity contribution in [3.05, 3.63) is 101 Å². The molecule has 1 atom stereocenters. The van der Waals surface area contributed by atoms with Crippen molar-refractivity contribution in [1.29, 1.82) is 0 Å². The molecule has 1 N–H and O–H groups in total. The van der Waals surface area contributed by atoms with Crippen LogP contribution in [0.3, 0.4) is 0 Å². The van der Waals surface area contributed by atoms with Gasteiger partial charge in [-0.2, -0.15) is 0 Å². The molecule has 3 aromatic carbocycles. The molecule has 0 aliphatic carbocycles. The highest BCUT2D eigenvalue weighted by atomic mass is 35.5. The van der Waals surface area contributed by atoms with Crippen molar-refractivity contribution < 1.29 is 9.53 Å². The molecule has 0 radical (unpaired) electrons. The first-order chi connectivity index (χ1) is 16.5. The SMILES string of the molecule is COc1ccc(CNC(=O)C(C)Sc2nnc(Cc3ccccc3)n2-c2ccc(Cl)cc2)cc1. The van der Waals surface area contributed by atoms with E-state index < -0.39 is 0 Å². The molecule has 0 aliphatic heterocycles. The number of nitrogens with one attached hydrogen (secondary N) is 1. The zero-order valence-electron chi connectivity index (χ0n) is 18.9. The van der Waals surface area contributed by atoms with Gasteiger partial charge in [-0.15, -0.1) is 10.2 Å². The minimum absolute atomic E-state index is 0.0731. The molecule has 1 aromatic heterocycles. The third kappa shape index (κ3) is 5.98. The Balaban J connectivity index is 1.50. The van der Waals surface area contributed by atoms with Crippen molar-refractivity contribution in [3.63, 3.8) is 0 Å². The summed E-state index contributed by atoms with van der Waals surface area (Å²) in [5.41, 5.74) is 3.03. The molecular weight excluding hydrogens is 468 g/mol. The van der Waals surface area contributed by atoms with Crippen LogP contribution >= 0.6 is 23.4 Å². The quantitative estimate of drug-likeness (QED) is 0.320. The first kappa shape index (κ1) is 23.9. The van der Waals surface area contributed by atoms with Crippen LogP contribution in [0.2, 0.25) is 5.02 Å². The zero-order valence-corrected chi connectivity index (χ0v) is 20.5. The Labute approximate surface area is 208 Å². The van der Waals surface area contributed by atoms with Crippen LogP contribution in [0.4, 0.5) is 0 Å². The smallest absolute Gasteiger partial charge is 0.233 e. The van der Waals surface area contributed by atoms with Crippen LogP contribution in [0.15, 0.2) is 84.0 Å². The highest BCUT2D eigenvalue weighted by Gasteiger charge is 2.21. The van der Waals surface area contributed by atoms with Crippen molar-refractivity contribution in [2.45, 2.75) is 30.3 Å². The molecule has 0 aliphatic rings. The van der Waals surface area contributed by atoms with E-state index in [-0.39, 0.29) is 11.2 Å². The fourth-order valence-electron chi connectivity index (χ4n) is 3.41. The van der Waals surface area contributed by atoms with Gasteiger partial charge in [0.2, 0.25) is 5.91 Å². The Bertz CT molecular complexity index is 1230.